The van der Waals surface area contributed by atoms with E-state index in [-0.39, 0.29) is 18.0 Å². The van der Waals surface area contributed by atoms with Crippen LogP contribution in [0.15, 0.2) is 18.2 Å². The van der Waals surface area contributed by atoms with E-state index >= 15 is 0 Å². The molecule has 0 amide bonds. The van der Waals surface area contributed by atoms with E-state index in [9.17, 15) is 30.1 Å². The predicted molar refractivity (Wildman–Crippen MR) is 78.9 cm³/mol. The van der Waals surface area contributed by atoms with E-state index in [0.29, 0.717) is 0 Å². The Bertz CT molecular complexity index is 616. The van der Waals surface area contributed by atoms with Crippen LogP contribution in [0.3, 0.4) is 0 Å². The van der Waals surface area contributed by atoms with Crippen LogP contribution in [0, 0.1) is 26.1 Å². The fourth-order valence-electron chi connectivity index (χ4n) is 2.20. The molecule has 0 radical (unpaired) electrons. The maximum atomic E-state index is 11.5. The number of anilines is 1. The maximum Gasteiger partial charge on any atom is 0.329 e. The number of nitro benzene ring substituents is 2. The highest BCUT2D eigenvalue weighted by Gasteiger charge is 2.36. The van der Waals surface area contributed by atoms with Gasteiger partial charge in [0.25, 0.3) is 11.4 Å². The summed E-state index contributed by atoms with van der Waals surface area (Å²) in [5.41, 5.74) is -2.46. The smallest absolute Gasteiger partial charge is 0.329 e. The van der Waals surface area contributed by atoms with Crippen molar-refractivity contribution in [1.29, 1.82) is 0 Å². The molecule has 0 spiro atoms. The third kappa shape index (κ3) is 3.90. The molecule has 0 unspecified atom stereocenters. The largest absolute Gasteiger partial charge is 0.480 e. The van der Waals surface area contributed by atoms with E-state index in [0.717, 1.165) is 18.2 Å². The van der Waals surface area contributed by atoms with Gasteiger partial charge in [0.1, 0.15) is 11.2 Å². The normalized spacial score (nSPS) is 13.5. The standard InChI is InChI=1S/C13H17N3O6/c1-8(2)7-13(3,12(17)18)14-10-5-4-9(15(19)20)6-11(10)16(21)22/h4-6,8,14H,7H2,1-3H3,(H,17,18)/t13-/m0/s1. The molecule has 22 heavy (non-hydrogen) atoms. The number of nitrogens with one attached hydrogen (secondary N) is 1. The molecule has 9 heteroatoms. The zero-order valence-electron chi connectivity index (χ0n) is 12.4. The molecule has 0 heterocycles. The van der Waals surface area contributed by atoms with Gasteiger partial charge in [0.2, 0.25) is 0 Å². The number of rotatable bonds is 7. The Labute approximate surface area is 126 Å². The van der Waals surface area contributed by atoms with Crippen LogP contribution in [-0.4, -0.2) is 26.5 Å². The van der Waals surface area contributed by atoms with Crippen LogP contribution in [0.5, 0.6) is 0 Å². The van der Waals surface area contributed by atoms with Crippen LogP contribution in [0.2, 0.25) is 0 Å². The first-order valence-corrected chi connectivity index (χ1v) is 6.51. The van der Waals surface area contributed by atoms with E-state index in [2.05, 4.69) is 5.32 Å². The SMILES string of the molecule is CC(C)C[C@](C)(Nc1ccc([N+](=O)[O-])cc1[N+](=O)[O-])C(=O)O. The average molecular weight is 311 g/mol. The lowest BCUT2D eigenvalue weighted by atomic mass is 9.90. The number of carboxylic acids is 1. The summed E-state index contributed by atoms with van der Waals surface area (Å²) in [4.78, 5) is 31.7. The number of benzene rings is 1. The number of non-ortho nitro benzene ring substituents is 1. The molecule has 1 aromatic carbocycles. The van der Waals surface area contributed by atoms with Crippen LogP contribution in [0.1, 0.15) is 27.2 Å². The van der Waals surface area contributed by atoms with Gasteiger partial charge in [0.05, 0.1) is 15.9 Å². The summed E-state index contributed by atoms with van der Waals surface area (Å²) in [6.45, 7) is 5.07. The van der Waals surface area contributed by atoms with Gasteiger partial charge in [-0.1, -0.05) is 13.8 Å². The second-order valence-corrected chi connectivity index (χ2v) is 5.58. The van der Waals surface area contributed by atoms with Gasteiger partial charge in [-0.05, 0) is 25.3 Å². The summed E-state index contributed by atoms with van der Waals surface area (Å²) in [7, 11) is 0. The van der Waals surface area contributed by atoms with Crippen molar-refractivity contribution in [3.8, 4) is 0 Å². The lowest BCUT2D eigenvalue weighted by Gasteiger charge is -2.28. The quantitative estimate of drug-likeness (QED) is 0.583. The lowest BCUT2D eigenvalue weighted by Crippen LogP contribution is -2.44. The molecule has 2 N–H and O–H groups in total. The molecule has 1 atom stereocenters. The Morgan fingerprint density at radius 2 is 1.91 bits per heavy atom. The van der Waals surface area contributed by atoms with Gasteiger partial charge in [-0.2, -0.15) is 0 Å². The summed E-state index contributed by atoms with van der Waals surface area (Å²) >= 11 is 0. The molecule has 0 aromatic heterocycles. The van der Waals surface area contributed by atoms with Gasteiger partial charge < -0.3 is 10.4 Å². The highest BCUT2D eigenvalue weighted by molar-refractivity contribution is 5.83. The van der Waals surface area contributed by atoms with Crippen LogP contribution in [-0.2, 0) is 4.79 Å². The van der Waals surface area contributed by atoms with Crippen molar-refractivity contribution in [1.82, 2.24) is 0 Å². The first kappa shape index (κ1) is 17.3. The van der Waals surface area contributed by atoms with E-state index < -0.39 is 32.7 Å². The fraction of sp³-hybridized carbons (Fsp3) is 0.462. The minimum absolute atomic E-state index is 0.0331. The number of hydrogen-bond acceptors (Lipinski definition) is 6. The molecule has 1 aromatic rings. The summed E-state index contributed by atoms with van der Waals surface area (Å²) < 4.78 is 0. The van der Waals surface area contributed by atoms with E-state index in [1.54, 1.807) is 0 Å². The van der Waals surface area contributed by atoms with Crippen LogP contribution in [0.4, 0.5) is 17.1 Å². The van der Waals surface area contributed by atoms with Crippen molar-refractivity contribution < 1.29 is 19.7 Å². The summed E-state index contributed by atoms with van der Waals surface area (Å²) in [5.74, 6) is -1.13. The van der Waals surface area contributed by atoms with Gasteiger partial charge in [0, 0.05) is 6.07 Å². The highest BCUT2D eigenvalue weighted by Crippen LogP contribution is 2.32. The molecule has 0 saturated heterocycles. The zero-order valence-corrected chi connectivity index (χ0v) is 12.4. The van der Waals surface area contributed by atoms with Crippen LogP contribution < -0.4 is 5.32 Å². The van der Waals surface area contributed by atoms with Crippen molar-refractivity contribution in [3.63, 3.8) is 0 Å². The third-order valence-corrected chi connectivity index (χ3v) is 3.09. The molecule has 0 saturated carbocycles. The Balaban J connectivity index is 3.28. The predicted octanol–water partition coefficient (Wildman–Crippen LogP) is 2.80. The van der Waals surface area contributed by atoms with Gasteiger partial charge >= 0.3 is 5.97 Å². The number of carboxylic acid groups (broad SMARTS) is 1. The number of nitrogens with zero attached hydrogens (tertiary/aromatic N) is 2. The molecule has 1 rings (SSSR count). The van der Waals surface area contributed by atoms with Crippen molar-refractivity contribution in [3.05, 3.63) is 38.4 Å². The minimum Gasteiger partial charge on any atom is -0.480 e. The third-order valence-electron chi connectivity index (χ3n) is 3.09. The molecule has 0 fully saturated rings. The van der Waals surface area contributed by atoms with Gasteiger partial charge in [0.15, 0.2) is 0 Å². The van der Waals surface area contributed by atoms with Crippen molar-refractivity contribution >= 4 is 23.0 Å². The Hall–Kier alpha value is -2.71. The molecule has 120 valence electrons. The number of nitro groups is 2. The Morgan fingerprint density at radius 3 is 2.32 bits per heavy atom. The Morgan fingerprint density at radius 1 is 1.32 bits per heavy atom. The zero-order chi connectivity index (χ0) is 17.1. The number of carbonyl (C=O) groups is 1. The van der Waals surface area contributed by atoms with Gasteiger partial charge in [-0.25, -0.2) is 4.79 Å². The highest BCUT2D eigenvalue weighted by atomic mass is 16.6. The monoisotopic (exact) mass is 311 g/mol. The topological polar surface area (TPSA) is 136 Å². The van der Waals surface area contributed by atoms with Crippen molar-refractivity contribution in [2.45, 2.75) is 32.7 Å². The second kappa shape index (κ2) is 6.37. The van der Waals surface area contributed by atoms with Gasteiger partial charge in [-0.15, -0.1) is 0 Å². The average Bonchev–Trinajstić information content (AvgIpc) is 2.37. The molecule has 0 bridgehead atoms. The fourth-order valence-corrected chi connectivity index (χ4v) is 2.20. The van der Waals surface area contributed by atoms with Crippen molar-refractivity contribution in [2.75, 3.05) is 5.32 Å². The van der Waals surface area contributed by atoms with Gasteiger partial charge in [-0.3, -0.25) is 20.2 Å². The molecular weight excluding hydrogens is 294 g/mol. The molecule has 0 aliphatic carbocycles. The van der Waals surface area contributed by atoms with E-state index in [1.165, 1.54) is 6.92 Å². The first-order valence-electron chi connectivity index (χ1n) is 6.51. The van der Waals surface area contributed by atoms with Crippen LogP contribution >= 0.6 is 0 Å². The molecule has 0 aliphatic rings. The summed E-state index contributed by atoms with van der Waals surface area (Å²) in [6, 6.07) is 3.05. The van der Waals surface area contributed by atoms with E-state index in [4.69, 9.17) is 0 Å². The van der Waals surface area contributed by atoms with E-state index in [1.807, 2.05) is 13.8 Å². The Kier molecular flexibility index (Phi) is 5.02. The first-order chi connectivity index (χ1) is 10.1. The summed E-state index contributed by atoms with van der Waals surface area (Å²) in [5, 5.41) is 33.8. The summed E-state index contributed by atoms with van der Waals surface area (Å²) in [6.07, 6.45) is 0.233. The van der Waals surface area contributed by atoms with Crippen LogP contribution in [0.25, 0.3) is 0 Å². The number of hydrogen-bond donors (Lipinski definition) is 2. The lowest BCUT2D eigenvalue weighted by molar-refractivity contribution is -0.393. The number of aliphatic carboxylic acids is 1. The second-order valence-electron chi connectivity index (χ2n) is 5.58. The molecule has 9 nitrogen and oxygen atoms in total. The van der Waals surface area contributed by atoms with Crippen molar-refractivity contribution in [2.24, 2.45) is 5.92 Å². The maximum absolute atomic E-state index is 11.5. The molecule has 0 aliphatic heterocycles. The molecular formula is C13H17N3O6. The minimum atomic E-state index is -1.42.